The van der Waals surface area contributed by atoms with Gasteiger partial charge in [0.2, 0.25) is 0 Å². The van der Waals surface area contributed by atoms with Gasteiger partial charge in [-0.2, -0.15) is 0 Å². The highest BCUT2D eigenvalue weighted by atomic mass is 14.1. The Bertz CT molecular complexity index is 262. The lowest BCUT2D eigenvalue weighted by Gasteiger charge is -2.17. The zero-order valence-electron chi connectivity index (χ0n) is 13.7. The molecule has 0 spiro atoms. The monoisotopic (exact) mass is 250 g/mol. The van der Waals surface area contributed by atoms with Crippen molar-refractivity contribution in [3.05, 3.63) is 35.4 Å². The minimum absolute atomic E-state index is 0.774. The van der Waals surface area contributed by atoms with Gasteiger partial charge in [0.25, 0.3) is 0 Å². The van der Waals surface area contributed by atoms with E-state index in [9.17, 15) is 0 Å². The van der Waals surface area contributed by atoms with Crippen LogP contribution in [0, 0.1) is 6.92 Å². The second-order valence-electron chi connectivity index (χ2n) is 4.10. The van der Waals surface area contributed by atoms with Crippen LogP contribution < -0.4 is 0 Å². The highest BCUT2D eigenvalue weighted by Gasteiger charge is 2.10. The molecule has 0 heterocycles. The molecular weight excluding hydrogens is 216 g/mol. The Morgan fingerprint density at radius 1 is 0.944 bits per heavy atom. The summed E-state index contributed by atoms with van der Waals surface area (Å²) in [5.41, 5.74) is 3.01. The Morgan fingerprint density at radius 2 is 1.50 bits per heavy atom. The van der Waals surface area contributed by atoms with Crippen LogP contribution in [0.1, 0.15) is 84.3 Å². The normalized spacial score (nSPS) is 10.6. The third-order valence-corrected chi connectivity index (χ3v) is 3.03. The van der Waals surface area contributed by atoms with E-state index < -0.39 is 0 Å². The van der Waals surface area contributed by atoms with Crippen LogP contribution in [-0.4, -0.2) is 0 Å². The van der Waals surface area contributed by atoms with Gasteiger partial charge in [0.05, 0.1) is 0 Å². The van der Waals surface area contributed by atoms with Gasteiger partial charge in [-0.3, -0.25) is 0 Å². The summed E-state index contributed by atoms with van der Waals surface area (Å²) in [5.74, 6) is 0.774. The number of aryl methyl sites for hydroxylation is 1. The SMILES string of the molecule is CC.CC.CCCCC(CC)c1ccccc1C. The standard InChI is InChI=1S/C14H22.2C2H6/c1-4-6-10-13(5-2)14-11-8-7-9-12(14)3;2*1-2/h7-9,11,13H,4-6,10H2,1-3H3;2*1-2H3. The lowest BCUT2D eigenvalue weighted by Crippen LogP contribution is -1.99. The number of hydrogen-bond donors (Lipinski definition) is 0. The molecule has 0 radical (unpaired) electrons. The van der Waals surface area contributed by atoms with Crippen LogP contribution in [0.3, 0.4) is 0 Å². The maximum absolute atomic E-state index is 2.30. The second-order valence-corrected chi connectivity index (χ2v) is 4.10. The van der Waals surface area contributed by atoms with Crippen LogP contribution in [0.4, 0.5) is 0 Å². The zero-order valence-corrected chi connectivity index (χ0v) is 13.7. The molecule has 0 fully saturated rings. The van der Waals surface area contributed by atoms with Crippen molar-refractivity contribution in [2.45, 2.75) is 80.1 Å². The topological polar surface area (TPSA) is 0 Å². The maximum Gasteiger partial charge on any atom is -0.0162 e. The van der Waals surface area contributed by atoms with Crippen LogP contribution >= 0.6 is 0 Å². The minimum Gasteiger partial charge on any atom is -0.0683 e. The van der Waals surface area contributed by atoms with Crippen molar-refractivity contribution in [2.75, 3.05) is 0 Å². The molecule has 0 saturated heterocycles. The van der Waals surface area contributed by atoms with E-state index in [1.165, 1.54) is 31.2 Å². The summed E-state index contributed by atoms with van der Waals surface area (Å²) < 4.78 is 0. The van der Waals surface area contributed by atoms with E-state index in [-0.39, 0.29) is 0 Å². The van der Waals surface area contributed by atoms with Crippen LogP contribution in [0.2, 0.25) is 0 Å². The van der Waals surface area contributed by atoms with Crippen molar-refractivity contribution in [1.29, 1.82) is 0 Å². The molecule has 0 heteroatoms. The third kappa shape index (κ3) is 7.53. The van der Waals surface area contributed by atoms with Gasteiger partial charge in [-0.25, -0.2) is 0 Å². The van der Waals surface area contributed by atoms with Crippen molar-refractivity contribution < 1.29 is 0 Å². The van der Waals surface area contributed by atoms with E-state index in [0.717, 1.165) is 5.92 Å². The van der Waals surface area contributed by atoms with E-state index in [4.69, 9.17) is 0 Å². The first-order valence-electron chi connectivity index (χ1n) is 7.85. The molecule has 18 heavy (non-hydrogen) atoms. The molecule has 0 aromatic heterocycles. The minimum atomic E-state index is 0.774. The van der Waals surface area contributed by atoms with Crippen molar-refractivity contribution in [1.82, 2.24) is 0 Å². The van der Waals surface area contributed by atoms with Crippen molar-refractivity contribution in [3.8, 4) is 0 Å². The molecule has 0 aliphatic rings. The molecule has 1 rings (SSSR count). The Hall–Kier alpha value is -0.780. The number of benzene rings is 1. The molecule has 1 atom stereocenters. The predicted molar refractivity (Wildman–Crippen MR) is 86.4 cm³/mol. The molecule has 0 N–H and O–H groups in total. The largest absolute Gasteiger partial charge is 0.0683 e. The quantitative estimate of drug-likeness (QED) is 0.543. The average Bonchev–Trinajstić information content (AvgIpc) is 2.46. The molecule has 106 valence electrons. The molecule has 0 aliphatic heterocycles. The van der Waals surface area contributed by atoms with E-state index in [1.807, 2.05) is 27.7 Å². The first-order valence-corrected chi connectivity index (χ1v) is 7.85. The lowest BCUT2D eigenvalue weighted by molar-refractivity contribution is 0.567. The van der Waals surface area contributed by atoms with Crippen molar-refractivity contribution >= 4 is 0 Å². The summed E-state index contributed by atoms with van der Waals surface area (Å²) in [6.07, 6.45) is 5.28. The van der Waals surface area contributed by atoms with E-state index >= 15 is 0 Å². The van der Waals surface area contributed by atoms with Gasteiger partial charge in [-0.1, -0.05) is 78.6 Å². The third-order valence-electron chi connectivity index (χ3n) is 3.03. The zero-order chi connectivity index (χ0) is 14.4. The van der Waals surface area contributed by atoms with Crippen LogP contribution in [0.5, 0.6) is 0 Å². The van der Waals surface area contributed by atoms with E-state index in [0.29, 0.717) is 0 Å². The molecular formula is C18H34. The summed E-state index contributed by atoms with van der Waals surface area (Å²) in [5, 5.41) is 0. The molecule has 0 saturated carbocycles. The fourth-order valence-electron chi connectivity index (χ4n) is 2.07. The molecule has 0 bridgehead atoms. The first-order chi connectivity index (χ1) is 8.79. The number of hydrogen-bond acceptors (Lipinski definition) is 0. The molecule has 1 unspecified atom stereocenters. The van der Waals surface area contributed by atoms with E-state index in [1.54, 1.807) is 5.56 Å². The fourth-order valence-corrected chi connectivity index (χ4v) is 2.07. The number of unbranched alkanes of at least 4 members (excludes halogenated alkanes) is 1. The summed E-state index contributed by atoms with van der Waals surface area (Å²) in [6.45, 7) is 14.8. The molecule has 0 aliphatic carbocycles. The summed E-state index contributed by atoms with van der Waals surface area (Å²) in [4.78, 5) is 0. The van der Waals surface area contributed by atoms with Gasteiger partial charge in [-0.05, 0) is 36.8 Å². The van der Waals surface area contributed by atoms with Gasteiger partial charge in [0, 0.05) is 0 Å². The van der Waals surface area contributed by atoms with Crippen LogP contribution in [0.25, 0.3) is 0 Å². The smallest absolute Gasteiger partial charge is 0.0162 e. The van der Waals surface area contributed by atoms with Gasteiger partial charge >= 0.3 is 0 Å². The summed E-state index contributed by atoms with van der Waals surface area (Å²) >= 11 is 0. The Kier molecular flexibility index (Phi) is 15.5. The Morgan fingerprint density at radius 3 is 1.94 bits per heavy atom. The predicted octanol–water partition coefficient (Wildman–Crippen LogP) is 6.73. The lowest BCUT2D eigenvalue weighted by atomic mass is 9.88. The highest BCUT2D eigenvalue weighted by Crippen LogP contribution is 2.27. The fraction of sp³-hybridized carbons (Fsp3) is 0.667. The van der Waals surface area contributed by atoms with Gasteiger partial charge in [0.15, 0.2) is 0 Å². The van der Waals surface area contributed by atoms with Gasteiger partial charge < -0.3 is 0 Å². The maximum atomic E-state index is 2.30. The Labute approximate surface area is 116 Å². The van der Waals surface area contributed by atoms with Gasteiger partial charge in [-0.15, -0.1) is 0 Å². The summed E-state index contributed by atoms with van der Waals surface area (Å²) in [6, 6.07) is 8.81. The first kappa shape index (κ1) is 19.6. The summed E-state index contributed by atoms with van der Waals surface area (Å²) in [7, 11) is 0. The van der Waals surface area contributed by atoms with Crippen LogP contribution in [-0.2, 0) is 0 Å². The van der Waals surface area contributed by atoms with Crippen molar-refractivity contribution in [2.24, 2.45) is 0 Å². The second kappa shape index (κ2) is 14.3. The average molecular weight is 250 g/mol. The number of rotatable bonds is 5. The molecule has 1 aromatic rings. The van der Waals surface area contributed by atoms with Crippen LogP contribution in [0.15, 0.2) is 24.3 Å². The molecule has 0 amide bonds. The highest BCUT2D eigenvalue weighted by molar-refractivity contribution is 5.28. The molecule has 0 nitrogen and oxygen atoms in total. The van der Waals surface area contributed by atoms with E-state index in [2.05, 4.69) is 45.0 Å². The Balaban J connectivity index is 0. The molecule has 1 aromatic carbocycles. The van der Waals surface area contributed by atoms with Gasteiger partial charge in [0.1, 0.15) is 0 Å². The van der Waals surface area contributed by atoms with Crippen molar-refractivity contribution in [3.63, 3.8) is 0 Å².